The number of carbonyl (C=O) groups excluding carboxylic acids is 3. The van der Waals surface area contributed by atoms with Crippen molar-refractivity contribution in [2.24, 2.45) is 17.3 Å². The zero-order valence-electron chi connectivity index (χ0n) is 16.8. The van der Waals surface area contributed by atoms with Crippen molar-refractivity contribution in [2.75, 3.05) is 6.54 Å². The summed E-state index contributed by atoms with van der Waals surface area (Å²) in [6.45, 7) is 9.41. The summed E-state index contributed by atoms with van der Waals surface area (Å²) in [6.07, 6.45) is 0.478. The van der Waals surface area contributed by atoms with Gasteiger partial charge in [0.15, 0.2) is 0 Å². The fraction of sp³-hybridized carbons (Fsp3) is 0.778. The summed E-state index contributed by atoms with van der Waals surface area (Å²) in [7, 11) is 0. The van der Waals surface area contributed by atoms with Gasteiger partial charge in [0.05, 0.1) is 0 Å². The number of hydrogen-bond acceptors (Lipinski definition) is 5. The number of carbonyl (C=O) groups is 4. The molecule has 0 saturated carbocycles. The van der Waals surface area contributed by atoms with Crippen LogP contribution in [0.15, 0.2) is 0 Å². The first-order chi connectivity index (χ1) is 12.4. The van der Waals surface area contributed by atoms with Gasteiger partial charge in [0.2, 0.25) is 17.7 Å². The molecule has 0 radical (unpaired) electrons. The second kappa shape index (κ2) is 11.5. The van der Waals surface area contributed by atoms with E-state index in [9.17, 15) is 19.2 Å². The van der Waals surface area contributed by atoms with Gasteiger partial charge in [-0.25, -0.2) is 5.48 Å². The predicted molar refractivity (Wildman–Crippen MR) is 98.8 cm³/mol. The molecule has 0 aromatic carbocycles. The number of aliphatic carboxylic acids is 1. The molecule has 0 aliphatic heterocycles. The van der Waals surface area contributed by atoms with Gasteiger partial charge in [-0.1, -0.05) is 34.6 Å². The average molecular weight is 387 g/mol. The van der Waals surface area contributed by atoms with Gasteiger partial charge in [-0.3, -0.25) is 24.4 Å². The monoisotopic (exact) mass is 387 g/mol. The first kappa shape index (κ1) is 24.8. The van der Waals surface area contributed by atoms with Gasteiger partial charge in [0.25, 0.3) is 0 Å². The summed E-state index contributed by atoms with van der Waals surface area (Å²) in [6, 6.07) is -0.846. The molecule has 0 aromatic rings. The van der Waals surface area contributed by atoms with E-state index in [1.54, 1.807) is 20.8 Å². The smallest absolute Gasteiger partial charge is 0.303 e. The molecular weight excluding hydrogens is 354 g/mol. The minimum atomic E-state index is -0.941. The average Bonchev–Trinajstić information content (AvgIpc) is 2.53. The van der Waals surface area contributed by atoms with E-state index in [0.29, 0.717) is 12.8 Å². The Labute approximate surface area is 160 Å². The predicted octanol–water partition coefficient (Wildman–Crippen LogP) is 1.06. The third kappa shape index (κ3) is 10.5. The number of nitrogens with one attached hydrogen (secondary N) is 3. The number of rotatable bonds is 11. The fourth-order valence-electron chi connectivity index (χ4n) is 2.61. The Kier molecular flexibility index (Phi) is 10.6. The third-order valence-electron chi connectivity index (χ3n) is 3.96. The summed E-state index contributed by atoms with van der Waals surface area (Å²) in [4.78, 5) is 47.2. The number of carboxylic acid groups (broad SMARTS) is 1. The zero-order valence-corrected chi connectivity index (χ0v) is 16.8. The topological polar surface area (TPSA) is 145 Å². The molecule has 0 fully saturated rings. The van der Waals surface area contributed by atoms with Crippen molar-refractivity contribution in [1.29, 1.82) is 0 Å². The van der Waals surface area contributed by atoms with E-state index in [-0.39, 0.29) is 25.3 Å². The van der Waals surface area contributed by atoms with Crippen LogP contribution in [0, 0.1) is 17.3 Å². The van der Waals surface area contributed by atoms with Crippen molar-refractivity contribution < 1.29 is 29.5 Å². The molecule has 0 bridgehead atoms. The molecule has 0 heterocycles. The molecule has 0 rings (SSSR count). The van der Waals surface area contributed by atoms with Gasteiger partial charge in [0.1, 0.15) is 6.04 Å². The highest BCUT2D eigenvalue weighted by Crippen LogP contribution is 2.22. The minimum Gasteiger partial charge on any atom is -0.481 e. The van der Waals surface area contributed by atoms with Crippen molar-refractivity contribution in [2.45, 2.75) is 66.3 Å². The van der Waals surface area contributed by atoms with Crippen LogP contribution in [0.5, 0.6) is 0 Å². The van der Waals surface area contributed by atoms with Gasteiger partial charge >= 0.3 is 5.97 Å². The normalized spacial score (nSPS) is 13.6. The van der Waals surface area contributed by atoms with E-state index in [1.807, 2.05) is 13.8 Å². The Morgan fingerprint density at radius 3 is 2.07 bits per heavy atom. The maximum atomic E-state index is 12.7. The third-order valence-corrected chi connectivity index (χ3v) is 3.96. The quantitative estimate of drug-likeness (QED) is 0.204. The Balaban J connectivity index is 5.07. The Bertz CT molecular complexity index is 528. The van der Waals surface area contributed by atoms with E-state index >= 15 is 0 Å². The largest absolute Gasteiger partial charge is 0.481 e. The standard InChI is InChI=1S/C18H33N3O6/c1-11(2)9-12(10-13(22)21-27)16(25)20-15(18(3,4)5)17(26)19-8-6-7-14(23)24/h11-12,15,27H,6-10H2,1-5H3,(H,19,26)(H,20,25)(H,21,22)(H,23,24)/t12-,15-/m1/s1. The highest BCUT2D eigenvalue weighted by molar-refractivity contribution is 5.91. The number of hydrogen-bond donors (Lipinski definition) is 5. The van der Waals surface area contributed by atoms with Crippen LogP contribution in [0.4, 0.5) is 0 Å². The van der Waals surface area contributed by atoms with Gasteiger partial charge in [-0.15, -0.1) is 0 Å². The lowest BCUT2D eigenvalue weighted by molar-refractivity contribution is -0.138. The number of amides is 3. The summed E-state index contributed by atoms with van der Waals surface area (Å²) >= 11 is 0. The second-order valence-electron chi connectivity index (χ2n) is 8.16. The molecule has 156 valence electrons. The highest BCUT2D eigenvalue weighted by atomic mass is 16.5. The maximum Gasteiger partial charge on any atom is 0.303 e. The molecule has 5 N–H and O–H groups in total. The minimum absolute atomic E-state index is 0.0560. The number of carboxylic acids is 1. The molecule has 0 saturated heterocycles. The molecular formula is C18H33N3O6. The Morgan fingerprint density at radius 1 is 1.04 bits per heavy atom. The van der Waals surface area contributed by atoms with E-state index in [4.69, 9.17) is 10.3 Å². The van der Waals surface area contributed by atoms with Gasteiger partial charge in [-0.2, -0.15) is 0 Å². The van der Waals surface area contributed by atoms with E-state index in [2.05, 4.69) is 10.6 Å². The summed E-state index contributed by atoms with van der Waals surface area (Å²) in [5, 5.41) is 22.7. The Hall–Kier alpha value is -2.16. The van der Waals surface area contributed by atoms with Crippen molar-refractivity contribution in [1.82, 2.24) is 16.1 Å². The first-order valence-electron chi connectivity index (χ1n) is 9.11. The van der Waals surface area contributed by atoms with E-state index < -0.39 is 41.1 Å². The molecule has 0 aromatic heterocycles. The molecule has 27 heavy (non-hydrogen) atoms. The molecule has 0 unspecified atom stereocenters. The van der Waals surface area contributed by atoms with Crippen LogP contribution < -0.4 is 16.1 Å². The van der Waals surface area contributed by atoms with Crippen LogP contribution in [-0.2, 0) is 19.2 Å². The van der Waals surface area contributed by atoms with Crippen LogP contribution in [0.25, 0.3) is 0 Å². The molecule has 0 spiro atoms. The SMILES string of the molecule is CC(C)C[C@H](CC(=O)NO)C(=O)N[C@H](C(=O)NCCCC(=O)O)C(C)(C)C. The van der Waals surface area contributed by atoms with Crippen molar-refractivity contribution >= 4 is 23.7 Å². The van der Waals surface area contributed by atoms with E-state index in [1.165, 1.54) is 5.48 Å². The van der Waals surface area contributed by atoms with Gasteiger partial charge < -0.3 is 15.7 Å². The van der Waals surface area contributed by atoms with Crippen LogP contribution >= 0.6 is 0 Å². The Morgan fingerprint density at radius 2 is 1.63 bits per heavy atom. The summed E-state index contributed by atoms with van der Waals surface area (Å²) < 4.78 is 0. The zero-order chi connectivity index (χ0) is 21.2. The fourth-order valence-corrected chi connectivity index (χ4v) is 2.61. The van der Waals surface area contributed by atoms with Crippen molar-refractivity contribution in [3.05, 3.63) is 0 Å². The van der Waals surface area contributed by atoms with Gasteiger partial charge in [0, 0.05) is 25.3 Å². The molecule has 2 atom stereocenters. The lowest BCUT2D eigenvalue weighted by Gasteiger charge is -2.32. The summed E-state index contributed by atoms with van der Waals surface area (Å²) in [5.41, 5.74) is 0.938. The van der Waals surface area contributed by atoms with Crippen LogP contribution in [0.1, 0.15) is 60.3 Å². The van der Waals surface area contributed by atoms with Crippen molar-refractivity contribution in [3.63, 3.8) is 0 Å². The molecule has 0 aliphatic rings. The highest BCUT2D eigenvalue weighted by Gasteiger charge is 2.35. The molecule has 3 amide bonds. The van der Waals surface area contributed by atoms with Crippen LogP contribution in [0.2, 0.25) is 0 Å². The summed E-state index contributed by atoms with van der Waals surface area (Å²) in [5.74, 6) is -2.99. The van der Waals surface area contributed by atoms with Crippen LogP contribution in [-0.4, -0.2) is 46.6 Å². The van der Waals surface area contributed by atoms with Crippen molar-refractivity contribution in [3.8, 4) is 0 Å². The van der Waals surface area contributed by atoms with E-state index in [0.717, 1.165) is 0 Å². The van der Waals surface area contributed by atoms with Crippen LogP contribution in [0.3, 0.4) is 0 Å². The molecule has 0 aliphatic carbocycles. The maximum absolute atomic E-state index is 12.7. The molecule has 9 nitrogen and oxygen atoms in total. The molecule has 9 heteroatoms. The lowest BCUT2D eigenvalue weighted by atomic mass is 9.85. The second-order valence-corrected chi connectivity index (χ2v) is 8.16. The first-order valence-corrected chi connectivity index (χ1v) is 9.11. The number of hydroxylamine groups is 1. The lowest BCUT2D eigenvalue weighted by Crippen LogP contribution is -2.55. The van der Waals surface area contributed by atoms with Gasteiger partial charge in [-0.05, 0) is 24.2 Å².